The molecule has 0 saturated carbocycles. The topological polar surface area (TPSA) is 65.5 Å². The summed E-state index contributed by atoms with van der Waals surface area (Å²) in [5, 5.41) is 9.68. The van der Waals surface area contributed by atoms with E-state index in [0.717, 1.165) is 19.0 Å². The van der Waals surface area contributed by atoms with Gasteiger partial charge in [0.2, 0.25) is 5.91 Å². The van der Waals surface area contributed by atoms with E-state index in [4.69, 9.17) is 0 Å². The summed E-state index contributed by atoms with van der Waals surface area (Å²) in [7, 11) is 1.65. The summed E-state index contributed by atoms with van der Waals surface area (Å²) in [5.74, 6) is 0.741. The summed E-state index contributed by atoms with van der Waals surface area (Å²) >= 11 is 1.83. The Morgan fingerprint density at radius 1 is 1.24 bits per heavy atom. The highest BCUT2D eigenvalue weighted by atomic mass is 127. The largest absolute Gasteiger partial charge is 0.359 e. The highest BCUT2D eigenvalue weighted by Crippen LogP contribution is 2.22. The molecule has 5 nitrogen and oxygen atoms in total. The smallest absolute Gasteiger partial charge is 0.227 e. The number of aliphatic imine (C=N–C) groups is 1. The van der Waals surface area contributed by atoms with Crippen LogP contribution in [0.3, 0.4) is 0 Å². The minimum Gasteiger partial charge on any atom is -0.359 e. The van der Waals surface area contributed by atoms with Crippen molar-refractivity contribution >= 4 is 47.6 Å². The zero-order chi connectivity index (χ0) is 18.0. The van der Waals surface area contributed by atoms with Crippen LogP contribution in [0.5, 0.6) is 0 Å². The SMILES string of the molecule is CCNC(=NCC(C)(C)C(=O)NC)NCC(C)Sc1ccccc1.I. The third-order valence-electron chi connectivity index (χ3n) is 3.46. The van der Waals surface area contributed by atoms with Crippen LogP contribution >= 0.6 is 35.7 Å². The Balaban J connectivity index is 0.00000576. The van der Waals surface area contributed by atoms with E-state index in [-0.39, 0.29) is 29.9 Å². The van der Waals surface area contributed by atoms with E-state index in [1.54, 1.807) is 7.05 Å². The number of rotatable bonds is 8. The number of benzene rings is 1. The van der Waals surface area contributed by atoms with Crippen LogP contribution in [0.1, 0.15) is 27.7 Å². The summed E-state index contributed by atoms with van der Waals surface area (Å²) in [6, 6.07) is 10.4. The van der Waals surface area contributed by atoms with Crippen molar-refractivity contribution in [1.29, 1.82) is 0 Å². The fourth-order valence-electron chi connectivity index (χ4n) is 2.04. The maximum Gasteiger partial charge on any atom is 0.227 e. The Labute approximate surface area is 173 Å². The van der Waals surface area contributed by atoms with Crippen LogP contribution in [-0.4, -0.2) is 43.8 Å². The summed E-state index contributed by atoms with van der Waals surface area (Å²) in [6.45, 7) is 10.0. The zero-order valence-corrected chi connectivity index (χ0v) is 18.9. The lowest BCUT2D eigenvalue weighted by molar-refractivity contribution is -0.128. The lowest BCUT2D eigenvalue weighted by Crippen LogP contribution is -2.42. The second-order valence-corrected chi connectivity index (χ2v) is 7.79. The number of thioether (sulfide) groups is 1. The number of hydrogen-bond acceptors (Lipinski definition) is 3. The molecule has 7 heteroatoms. The molecule has 142 valence electrons. The van der Waals surface area contributed by atoms with Crippen molar-refractivity contribution in [3.63, 3.8) is 0 Å². The van der Waals surface area contributed by atoms with E-state index in [1.165, 1.54) is 4.90 Å². The molecule has 0 spiro atoms. The normalized spacial score (nSPS) is 12.8. The van der Waals surface area contributed by atoms with E-state index in [2.05, 4.69) is 52.1 Å². The Hall–Kier alpha value is -0.960. The summed E-state index contributed by atoms with van der Waals surface area (Å²) in [5.41, 5.74) is -0.526. The van der Waals surface area contributed by atoms with E-state index in [9.17, 15) is 4.79 Å². The van der Waals surface area contributed by atoms with Crippen LogP contribution in [0.4, 0.5) is 0 Å². The molecule has 0 saturated heterocycles. The maximum atomic E-state index is 11.8. The second kappa shape index (κ2) is 12.4. The minimum atomic E-state index is -0.526. The highest BCUT2D eigenvalue weighted by molar-refractivity contribution is 14.0. The Bertz CT molecular complexity index is 537. The van der Waals surface area contributed by atoms with Crippen molar-refractivity contribution in [3.05, 3.63) is 30.3 Å². The van der Waals surface area contributed by atoms with Crippen LogP contribution in [-0.2, 0) is 4.79 Å². The van der Waals surface area contributed by atoms with Crippen molar-refractivity contribution in [1.82, 2.24) is 16.0 Å². The molecular formula is C18H31IN4OS. The molecule has 0 fully saturated rings. The minimum absolute atomic E-state index is 0. The van der Waals surface area contributed by atoms with Crippen LogP contribution in [0.2, 0.25) is 0 Å². The number of carbonyl (C=O) groups is 1. The van der Waals surface area contributed by atoms with Gasteiger partial charge >= 0.3 is 0 Å². The molecule has 1 aromatic carbocycles. The predicted octanol–water partition coefficient (Wildman–Crippen LogP) is 3.11. The van der Waals surface area contributed by atoms with E-state index in [1.807, 2.05) is 38.6 Å². The first-order chi connectivity index (χ1) is 11.4. The molecule has 1 atom stereocenters. The lowest BCUT2D eigenvalue weighted by Gasteiger charge is -2.21. The van der Waals surface area contributed by atoms with Crippen LogP contribution in [0, 0.1) is 5.41 Å². The van der Waals surface area contributed by atoms with Gasteiger partial charge in [0.25, 0.3) is 0 Å². The van der Waals surface area contributed by atoms with Crippen molar-refractivity contribution in [2.45, 2.75) is 37.8 Å². The van der Waals surface area contributed by atoms with Crippen molar-refractivity contribution in [2.75, 3.05) is 26.7 Å². The number of amides is 1. The van der Waals surface area contributed by atoms with Gasteiger partial charge in [-0.05, 0) is 32.9 Å². The molecule has 1 amide bonds. The number of guanidine groups is 1. The molecule has 1 aromatic rings. The van der Waals surface area contributed by atoms with Crippen LogP contribution in [0.15, 0.2) is 40.2 Å². The van der Waals surface area contributed by atoms with Gasteiger partial charge in [-0.25, -0.2) is 0 Å². The van der Waals surface area contributed by atoms with Gasteiger partial charge in [-0.3, -0.25) is 9.79 Å². The quantitative estimate of drug-likeness (QED) is 0.233. The van der Waals surface area contributed by atoms with Gasteiger partial charge in [0.1, 0.15) is 0 Å². The first kappa shape index (κ1) is 24.0. The molecular weight excluding hydrogens is 447 g/mol. The first-order valence-electron chi connectivity index (χ1n) is 8.35. The Morgan fingerprint density at radius 3 is 2.44 bits per heavy atom. The van der Waals surface area contributed by atoms with Gasteiger partial charge in [-0.2, -0.15) is 0 Å². The van der Waals surface area contributed by atoms with E-state index < -0.39 is 5.41 Å². The average Bonchev–Trinajstić information content (AvgIpc) is 2.57. The number of carbonyl (C=O) groups excluding carboxylic acids is 1. The molecule has 25 heavy (non-hydrogen) atoms. The van der Waals surface area contributed by atoms with Crippen molar-refractivity contribution < 1.29 is 4.79 Å². The Kier molecular flexibility index (Phi) is 11.9. The third-order valence-corrected chi connectivity index (χ3v) is 4.57. The fourth-order valence-corrected chi connectivity index (χ4v) is 2.99. The first-order valence-corrected chi connectivity index (χ1v) is 9.23. The monoisotopic (exact) mass is 478 g/mol. The highest BCUT2D eigenvalue weighted by Gasteiger charge is 2.26. The lowest BCUT2D eigenvalue weighted by atomic mass is 9.93. The number of nitrogens with zero attached hydrogens (tertiary/aromatic N) is 1. The summed E-state index contributed by atoms with van der Waals surface area (Å²) < 4.78 is 0. The van der Waals surface area contributed by atoms with Crippen molar-refractivity contribution in [3.8, 4) is 0 Å². The van der Waals surface area contributed by atoms with E-state index >= 15 is 0 Å². The summed E-state index contributed by atoms with van der Waals surface area (Å²) in [4.78, 5) is 17.7. The molecule has 0 aromatic heterocycles. The molecule has 0 aliphatic rings. The third kappa shape index (κ3) is 9.34. The van der Waals surface area contributed by atoms with Gasteiger partial charge in [-0.1, -0.05) is 25.1 Å². The molecule has 0 radical (unpaired) electrons. The van der Waals surface area contributed by atoms with E-state index in [0.29, 0.717) is 11.8 Å². The molecule has 0 bridgehead atoms. The van der Waals surface area contributed by atoms with Gasteiger partial charge in [0.05, 0.1) is 12.0 Å². The fraction of sp³-hybridized carbons (Fsp3) is 0.556. The molecule has 0 heterocycles. The maximum absolute atomic E-state index is 11.8. The molecule has 1 unspecified atom stereocenters. The van der Waals surface area contributed by atoms with Gasteiger partial charge in [-0.15, -0.1) is 35.7 Å². The van der Waals surface area contributed by atoms with Crippen LogP contribution in [0.25, 0.3) is 0 Å². The molecule has 3 N–H and O–H groups in total. The molecule has 0 aliphatic carbocycles. The number of halogens is 1. The summed E-state index contributed by atoms with van der Waals surface area (Å²) in [6.07, 6.45) is 0. The van der Waals surface area contributed by atoms with Crippen molar-refractivity contribution in [2.24, 2.45) is 10.4 Å². The zero-order valence-electron chi connectivity index (χ0n) is 15.8. The average molecular weight is 478 g/mol. The standard InChI is InChI=1S/C18H30N4OS.HI/c1-6-20-17(22-13-18(3,4)16(23)19-5)21-12-14(2)24-15-10-8-7-9-11-15;/h7-11,14H,6,12-13H2,1-5H3,(H,19,23)(H2,20,21,22);1H. The molecule has 0 aliphatic heterocycles. The van der Waals surface area contributed by atoms with Gasteiger partial charge in [0.15, 0.2) is 5.96 Å². The number of hydrogen-bond donors (Lipinski definition) is 3. The molecule has 1 rings (SSSR count). The second-order valence-electron chi connectivity index (χ2n) is 6.28. The van der Waals surface area contributed by atoms with Crippen LogP contribution < -0.4 is 16.0 Å². The van der Waals surface area contributed by atoms with Gasteiger partial charge in [0, 0.05) is 30.3 Å². The number of nitrogens with one attached hydrogen (secondary N) is 3. The van der Waals surface area contributed by atoms with Gasteiger partial charge < -0.3 is 16.0 Å². The predicted molar refractivity (Wildman–Crippen MR) is 119 cm³/mol. The Morgan fingerprint density at radius 2 is 1.88 bits per heavy atom.